The molecule has 0 saturated heterocycles. The first-order chi connectivity index (χ1) is 6.69. The Morgan fingerprint density at radius 1 is 1.53 bits per heavy atom. The van der Waals surface area contributed by atoms with E-state index < -0.39 is 0 Å². The van der Waals surface area contributed by atoms with Crippen molar-refractivity contribution in [2.45, 2.75) is 13.0 Å². The average Bonchev–Trinajstić information content (AvgIpc) is 2.96. The van der Waals surface area contributed by atoms with E-state index in [0.717, 1.165) is 17.2 Å². The second kappa shape index (κ2) is 6.50. The number of ether oxygens (including phenoxy) is 2. The fraction of sp³-hybridized carbons (Fsp3) is 0.400. The topological polar surface area (TPSA) is 68.0 Å². The predicted octanol–water partition coefficient (Wildman–Crippen LogP) is 1.55. The SMILES string of the molecule is CC(O)CN.COc1cccc2c1O2.Cl. The minimum atomic E-state index is -0.338. The lowest BCUT2D eigenvalue weighted by Gasteiger charge is -1.91. The highest BCUT2D eigenvalue weighted by atomic mass is 35.5. The van der Waals surface area contributed by atoms with Crippen molar-refractivity contribution in [1.82, 2.24) is 0 Å². The Morgan fingerprint density at radius 3 is 2.53 bits per heavy atom. The Kier molecular flexibility index (Phi) is 6.08. The number of methoxy groups -OCH3 is 1. The van der Waals surface area contributed by atoms with Crippen LogP contribution in [0.4, 0.5) is 0 Å². The summed E-state index contributed by atoms with van der Waals surface area (Å²) in [7, 11) is 1.64. The molecule has 0 fully saturated rings. The van der Waals surface area contributed by atoms with Gasteiger partial charge < -0.3 is 20.3 Å². The molecule has 86 valence electrons. The third-order valence-corrected chi connectivity index (χ3v) is 1.67. The summed E-state index contributed by atoms with van der Waals surface area (Å²) >= 11 is 0. The molecule has 0 amide bonds. The molecule has 5 heteroatoms. The van der Waals surface area contributed by atoms with Crippen LogP contribution in [0.25, 0.3) is 0 Å². The molecule has 1 aromatic carbocycles. The molecule has 0 saturated carbocycles. The lowest BCUT2D eigenvalue weighted by molar-refractivity contribution is 0.203. The molecule has 1 aliphatic rings. The summed E-state index contributed by atoms with van der Waals surface area (Å²) in [5, 5.41) is 8.24. The van der Waals surface area contributed by atoms with E-state index >= 15 is 0 Å². The van der Waals surface area contributed by atoms with Crippen molar-refractivity contribution in [3.05, 3.63) is 18.2 Å². The van der Waals surface area contributed by atoms with Crippen molar-refractivity contribution in [1.29, 1.82) is 0 Å². The number of hydrogen-bond donors (Lipinski definition) is 2. The summed E-state index contributed by atoms with van der Waals surface area (Å²) in [5.41, 5.74) is 4.92. The van der Waals surface area contributed by atoms with Crippen LogP contribution in [0, 0.1) is 0 Å². The van der Waals surface area contributed by atoms with Crippen LogP contribution in [0.3, 0.4) is 0 Å². The summed E-state index contributed by atoms with van der Waals surface area (Å²) in [6.45, 7) is 2.01. The minimum Gasteiger partial charge on any atom is -0.493 e. The van der Waals surface area contributed by atoms with Crippen LogP contribution in [0.15, 0.2) is 18.2 Å². The Bertz CT molecular complexity index is 305. The van der Waals surface area contributed by atoms with Gasteiger partial charge in [0, 0.05) is 6.54 Å². The summed E-state index contributed by atoms with van der Waals surface area (Å²) in [4.78, 5) is 0. The Labute approximate surface area is 95.4 Å². The molecule has 0 spiro atoms. The largest absolute Gasteiger partial charge is 0.493 e. The number of rotatable bonds is 2. The first-order valence-corrected chi connectivity index (χ1v) is 4.42. The molecule has 0 radical (unpaired) electrons. The standard InChI is InChI=1S/C7H6O2.C3H9NO.ClH/c1-8-5-3-2-4-6-7(5)9-6;1-3(5)2-4;/h2-4H,1H3;3,5H,2,4H2,1H3;1H. The Balaban J connectivity index is 0.000000289. The maximum Gasteiger partial charge on any atom is 0.211 e. The first kappa shape index (κ1) is 14.0. The van der Waals surface area contributed by atoms with Gasteiger partial charge >= 0.3 is 0 Å². The second-order valence-corrected chi connectivity index (χ2v) is 2.97. The van der Waals surface area contributed by atoms with Crippen LogP contribution >= 0.6 is 12.4 Å². The van der Waals surface area contributed by atoms with E-state index in [4.69, 9.17) is 20.3 Å². The zero-order valence-electron chi connectivity index (χ0n) is 8.77. The lowest BCUT2D eigenvalue weighted by Crippen LogP contribution is -2.14. The van der Waals surface area contributed by atoms with Gasteiger partial charge in [0.15, 0.2) is 11.5 Å². The smallest absolute Gasteiger partial charge is 0.211 e. The number of fused-ring (bicyclic) bond motifs is 1. The van der Waals surface area contributed by atoms with Gasteiger partial charge in [-0.3, -0.25) is 0 Å². The normalized spacial score (nSPS) is 12.0. The molecule has 4 nitrogen and oxygen atoms in total. The van der Waals surface area contributed by atoms with Gasteiger partial charge in [-0.1, -0.05) is 6.07 Å². The van der Waals surface area contributed by atoms with Gasteiger partial charge in [0.05, 0.1) is 13.2 Å². The van der Waals surface area contributed by atoms with Crippen molar-refractivity contribution in [2.24, 2.45) is 5.73 Å². The van der Waals surface area contributed by atoms with Crippen molar-refractivity contribution in [2.75, 3.05) is 13.7 Å². The molecule has 1 heterocycles. The molecule has 1 aromatic rings. The highest BCUT2D eigenvalue weighted by molar-refractivity contribution is 5.85. The third-order valence-electron chi connectivity index (χ3n) is 1.67. The molecule has 2 rings (SSSR count). The fourth-order valence-corrected chi connectivity index (χ4v) is 0.825. The molecule has 15 heavy (non-hydrogen) atoms. The van der Waals surface area contributed by atoms with Crippen molar-refractivity contribution in [3.8, 4) is 17.2 Å². The molecular formula is C10H16ClNO3. The Morgan fingerprint density at radius 2 is 2.13 bits per heavy atom. The molecule has 1 unspecified atom stereocenters. The van der Waals surface area contributed by atoms with E-state index in [0.29, 0.717) is 6.54 Å². The average molecular weight is 234 g/mol. The van der Waals surface area contributed by atoms with E-state index in [1.165, 1.54) is 0 Å². The number of para-hydroxylation sites is 1. The van der Waals surface area contributed by atoms with Gasteiger partial charge in [-0.05, 0) is 19.1 Å². The van der Waals surface area contributed by atoms with Crippen molar-refractivity contribution < 1.29 is 14.6 Å². The number of benzene rings is 1. The van der Waals surface area contributed by atoms with Crippen molar-refractivity contribution >= 4 is 12.4 Å². The third kappa shape index (κ3) is 4.38. The minimum absolute atomic E-state index is 0. The van der Waals surface area contributed by atoms with Crippen LogP contribution in [0.5, 0.6) is 17.2 Å². The Hall–Kier alpha value is -0.970. The summed E-state index contributed by atoms with van der Waals surface area (Å²) in [6.07, 6.45) is -0.338. The van der Waals surface area contributed by atoms with E-state index in [1.54, 1.807) is 14.0 Å². The van der Waals surface area contributed by atoms with Crippen LogP contribution in [-0.2, 0) is 0 Å². The lowest BCUT2D eigenvalue weighted by atomic mass is 10.3. The zero-order valence-corrected chi connectivity index (χ0v) is 9.58. The van der Waals surface area contributed by atoms with Gasteiger partial charge in [-0.25, -0.2) is 0 Å². The van der Waals surface area contributed by atoms with Crippen molar-refractivity contribution in [3.63, 3.8) is 0 Å². The molecule has 3 N–H and O–H groups in total. The van der Waals surface area contributed by atoms with Gasteiger partial charge in [0.25, 0.3) is 0 Å². The maximum atomic E-state index is 8.24. The number of hydrogen-bond acceptors (Lipinski definition) is 4. The van der Waals surface area contributed by atoms with E-state index in [9.17, 15) is 0 Å². The van der Waals surface area contributed by atoms with Crippen LogP contribution < -0.4 is 15.2 Å². The fourth-order valence-electron chi connectivity index (χ4n) is 0.825. The van der Waals surface area contributed by atoms with Crippen LogP contribution in [0.2, 0.25) is 0 Å². The predicted molar refractivity (Wildman–Crippen MR) is 61.1 cm³/mol. The van der Waals surface area contributed by atoms with E-state index in [-0.39, 0.29) is 18.5 Å². The molecule has 1 aliphatic heterocycles. The summed E-state index contributed by atoms with van der Waals surface area (Å²) in [5.74, 6) is 2.65. The number of aliphatic hydroxyl groups excluding tert-OH is 1. The van der Waals surface area contributed by atoms with Gasteiger partial charge in [0.1, 0.15) is 0 Å². The first-order valence-electron chi connectivity index (χ1n) is 4.42. The number of aliphatic hydroxyl groups is 1. The van der Waals surface area contributed by atoms with Gasteiger partial charge in [0.2, 0.25) is 5.75 Å². The zero-order chi connectivity index (χ0) is 10.6. The highest BCUT2D eigenvalue weighted by Gasteiger charge is 2.23. The van der Waals surface area contributed by atoms with Gasteiger partial charge in [-0.15, -0.1) is 12.4 Å². The number of nitrogens with two attached hydrogens (primary N) is 1. The molecule has 0 aromatic heterocycles. The van der Waals surface area contributed by atoms with E-state index in [2.05, 4.69) is 0 Å². The van der Waals surface area contributed by atoms with Crippen LogP contribution in [0.1, 0.15) is 6.92 Å². The van der Waals surface area contributed by atoms with Crippen LogP contribution in [-0.4, -0.2) is 24.9 Å². The molecule has 1 atom stereocenters. The quantitative estimate of drug-likeness (QED) is 0.773. The molecule has 0 bridgehead atoms. The number of halogens is 1. The van der Waals surface area contributed by atoms with Gasteiger partial charge in [-0.2, -0.15) is 0 Å². The monoisotopic (exact) mass is 233 g/mol. The summed E-state index contributed by atoms with van der Waals surface area (Å²) in [6, 6.07) is 5.70. The molecular weight excluding hydrogens is 218 g/mol. The summed E-state index contributed by atoms with van der Waals surface area (Å²) < 4.78 is 10.0. The highest BCUT2D eigenvalue weighted by Crippen LogP contribution is 2.51. The molecule has 0 aliphatic carbocycles. The second-order valence-electron chi connectivity index (χ2n) is 2.97. The van der Waals surface area contributed by atoms with E-state index in [1.807, 2.05) is 18.2 Å². The maximum absolute atomic E-state index is 8.24.